The van der Waals surface area contributed by atoms with Gasteiger partial charge in [-0.15, -0.1) is 11.3 Å². The van der Waals surface area contributed by atoms with Crippen LogP contribution in [0.5, 0.6) is 0 Å². The molecule has 0 atom stereocenters. The second-order valence-corrected chi connectivity index (χ2v) is 5.37. The van der Waals surface area contributed by atoms with E-state index < -0.39 is 0 Å². The van der Waals surface area contributed by atoms with Gasteiger partial charge in [-0.1, -0.05) is 17.7 Å². The molecule has 1 heterocycles. The van der Waals surface area contributed by atoms with E-state index in [1.807, 2.05) is 18.4 Å². The molecule has 0 saturated heterocycles. The molecule has 0 aliphatic rings. The van der Waals surface area contributed by atoms with Crippen molar-refractivity contribution in [3.05, 3.63) is 39.9 Å². The Morgan fingerprint density at radius 1 is 1.47 bits per heavy atom. The number of nitrogens with one attached hydrogen (secondary N) is 2. The summed E-state index contributed by atoms with van der Waals surface area (Å²) in [7, 11) is 1.80. The van der Waals surface area contributed by atoms with Gasteiger partial charge in [0, 0.05) is 23.1 Å². The molecule has 0 aliphatic carbocycles. The van der Waals surface area contributed by atoms with Crippen molar-refractivity contribution in [1.82, 2.24) is 4.98 Å². The van der Waals surface area contributed by atoms with Gasteiger partial charge in [-0.05, 0) is 24.6 Å². The largest absolute Gasteiger partial charge is 0.365 e. The molecule has 2 rings (SSSR count). The molecule has 0 bridgehead atoms. The van der Waals surface area contributed by atoms with E-state index in [0.717, 1.165) is 22.1 Å². The van der Waals surface area contributed by atoms with E-state index in [1.165, 1.54) is 11.3 Å². The van der Waals surface area contributed by atoms with Gasteiger partial charge in [-0.25, -0.2) is 4.98 Å². The summed E-state index contributed by atoms with van der Waals surface area (Å²) < 4.78 is 0. The summed E-state index contributed by atoms with van der Waals surface area (Å²) in [5, 5.41) is 9.07. The maximum absolute atomic E-state index is 11.9. The van der Waals surface area contributed by atoms with Crippen LogP contribution >= 0.6 is 22.9 Å². The predicted molar refractivity (Wildman–Crippen MR) is 80.2 cm³/mol. The molecule has 1 aromatic carbocycles. The Hall–Kier alpha value is -1.59. The van der Waals surface area contributed by atoms with Gasteiger partial charge in [0.15, 0.2) is 5.13 Å². The van der Waals surface area contributed by atoms with Gasteiger partial charge in [-0.3, -0.25) is 4.79 Å². The fraction of sp³-hybridized carbons (Fsp3) is 0.231. The minimum atomic E-state index is -0.0988. The Kier molecular flexibility index (Phi) is 4.39. The Morgan fingerprint density at radius 2 is 2.26 bits per heavy atom. The van der Waals surface area contributed by atoms with Gasteiger partial charge in [0.05, 0.1) is 12.1 Å². The first kappa shape index (κ1) is 13.8. The maximum Gasteiger partial charge on any atom is 0.230 e. The number of hydrogen-bond acceptors (Lipinski definition) is 4. The normalized spacial score (nSPS) is 10.3. The quantitative estimate of drug-likeness (QED) is 0.910. The first-order chi connectivity index (χ1) is 9.08. The Labute approximate surface area is 120 Å². The second kappa shape index (κ2) is 6.04. The van der Waals surface area contributed by atoms with E-state index in [0.29, 0.717) is 5.02 Å². The lowest BCUT2D eigenvalue weighted by atomic mass is 10.2. The van der Waals surface area contributed by atoms with Crippen molar-refractivity contribution in [3.8, 4) is 0 Å². The van der Waals surface area contributed by atoms with Crippen LogP contribution in [0.3, 0.4) is 0 Å². The van der Waals surface area contributed by atoms with Crippen LogP contribution in [-0.4, -0.2) is 17.9 Å². The van der Waals surface area contributed by atoms with Crippen molar-refractivity contribution >= 4 is 39.7 Å². The molecule has 0 unspecified atom stereocenters. The molecule has 1 aromatic heterocycles. The van der Waals surface area contributed by atoms with E-state index in [2.05, 4.69) is 15.6 Å². The molecule has 0 saturated carbocycles. The van der Waals surface area contributed by atoms with Crippen molar-refractivity contribution in [3.63, 3.8) is 0 Å². The van der Waals surface area contributed by atoms with Crippen LogP contribution in [0, 0.1) is 6.92 Å². The number of halogens is 1. The van der Waals surface area contributed by atoms with Gasteiger partial charge in [-0.2, -0.15) is 0 Å². The molecule has 19 heavy (non-hydrogen) atoms. The van der Waals surface area contributed by atoms with Crippen molar-refractivity contribution in [2.24, 2.45) is 0 Å². The van der Waals surface area contributed by atoms with Crippen molar-refractivity contribution in [2.75, 3.05) is 17.7 Å². The second-order valence-electron chi connectivity index (χ2n) is 4.08. The van der Waals surface area contributed by atoms with Crippen LogP contribution < -0.4 is 10.6 Å². The highest BCUT2D eigenvalue weighted by Gasteiger charge is 2.09. The number of thiazole rings is 1. The fourth-order valence-corrected chi connectivity index (χ4v) is 2.43. The monoisotopic (exact) mass is 295 g/mol. The first-order valence-electron chi connectivity index (χ1n) is 5.76. The zero-order valence-electron chi connectivity index (χ0n) is 10.7. The number of hydrogen-bond donors (Lipinski definition) is 2. The number of carbonyl (C=O) groups excluding carboxylic acids is 1. The lowest BCUT2D eigenvalue weighted by Crippen LogP contribution is -2.15. The van der Waals surface area contributed by atoms with E-state index >= 15 is 0 Å². The van der Waals surface area contributed by atoms with Crippen LogP contribution in [0.4, 0.5) is 10.8 Å². The summed E-state index contributed by atoms with van der Waals surface area (Å²) in [5.41, 5.74) is 2.47. The highest BCUT2D eigenvalue weighted by molar-refractivity contribution is 7.13. The fourth-order valence-electron chi connectivity index (χ4n) is 1.59. The molecule has 1 amide bonds. The van der Waals surface area contributed by atoms with Crippen molar-refractivity contribution in [2.45, 2.75) is 13.3 Å². The lowest BCUT2D eigenvalue weighted by Gasteiger charge is -2.08. The van der Waals surface area contributed by atoms with E-state index in [4.69, 9.17) is 11.6 Å². The van der Waals surface area contributed by atoms with Crippen LogP contribution in [0.25, 0.3) is 0 Å². The minimum absolute atomic E-state index is 0.0988. The predicted octanol–water partition coefficient (Wildman–Crippen LogP) is 3.33. The molecular formula is C13H14ClN3OS. The average molecular weight is 296 g/mol. The minimum Gasteiger partial charge on any atom is -0.365 e. The third kappa shape index (κ3) is 3.68. The van der Waals surface area contributed by atoms with Crippen molar-refractivity contribution < 1.29 is 4.79 Å². The Bertz CT molecular complexity index is 597. The maximum atomic E-state index is 11.9. The van der Waals surface area contributed by atoms with Gasteiger partial charge in [0.2, 0.25) is 5.91 Å². The summed E-state index contributed by atoms with van der Waals surface area (Å²) in [5.74, 6) is -0.0988. The van der Waals surface area contributed by atoms with Crippen LogP contribution in [0.1, 0.15) is 11.3 Å². The van der Waals surface area contributed by atoms with Crippen LogP contribution in [0.15, 0.2) is 23.6 Å². The third-order valence-electron chi connectivity index (χ3n) is 2.58. The molecule has 0 aliphatic heterocycles. The molecule has 0 fully saturated rings. The summed E-state index contributed by atoms with van der Waals surface area (Å²) >= 11 is 7.39. The molecule has 2 aromatic rings. The van der Waals surface area contributed by atoms with E-state index in [1.54, 1.807) is 19.2 Å². The average Bonchev–Trinajstić information content (AvgIpc) is 2.81. The van der Waals surface area contributed by atoms with Crippen LogP contribution in [-0.2, 0) is 11.2 Å². The van der Waals surface area contributed by atoms with Gasteiger partial charge < -0.3 is 10.6 Å². The number of nitrogens with zero attached hydrogens (tertiary/aromatic N) is 1. The standard InChI is InChI=1S/C13H14ClN3OS/c1-8-3-4-9(14)5-11(8)17-12(18)6-10-7-19-13(15-2)16-10/h3-5,7H,6H2,1-2H3,(H,15,16)(H,17,18). The number of benzene rings is 1. The number of rotatable bonds is 4. The van der Waals surface area contributed by atoms with Gasteiger partial charge in [0.1, 0.15) is 0 Å². The van der Waals surface area contributed by atoms with Crippen LogP contribution in [0.2, 0.25) is 5.02 Å². The summed E-state index contributed by atoms with van der Waals surface area (Å²) in [4.78, 5) is 16.2. The molecule has 4 nitrogen and oxygen atoms in total. The zero-order valence-corrected chi connectivity index (χ0v) is 12.2. The molecular weight excluding hydrogens is 282 g/mol. The number of anilines is 2. The molecule has 6 heteroatoms. The third-order valence-corrected chi connectivity index (χ3v) is 3.72. The number of aromatic nitrogens is 1. The summed E-state index contributed by atoms with van der Waals surface area (Å²) in [6.45, 7) is 1.92. The van der Waals surface area contributed by atoms with E-state index in [-0.39, 0.29) is 12.3 Å². The van der Waals surface area contributed by atoms with E-state index in [9.17, 15) is 4.79 Å². The summed E-state index contributed by atoms with van der Waals surface area (Å²) in [6, 6.07) is 5.42. The van der Waals surface area contributed by atoms with Gasteiger partial charge in [0.25, 0.3) is 0 Å². The number of carbonyl (C=O) groups is 1. The SMILES string of the molecule is CNc1nc(CC(=O)Nc2cc(Cl)ccc2C)cs1. The molecule has 0 spiro atoms. The number of aryl methyl sites for hydroxylation is 1. The summed E-state index contributed by atoms with van der Waals surface area (Å²) in [6.07, 6.45) is 0.254. The Balaban J connectivity index is 2.03. The zero-order chi connectivity index (χ0) is 13.8. The van der Waals surface area contributed by atoms with Crippen molar-refractivity contribution in [1.29, 1.82) is 0 Å². The topological polar surface area (TPSA) is 54.0 Å². The molecule has 2 N–H and O–H groups in total. The molecule has 0 radical (unpaired) electrons. The lowest BCUT2D eigenvalue weighted by molar-refractivity contribution is -0.115. The number of amides is 1. The highest BCUT2D eigenvalue weighted by Crippen LogP contribution is 2.21. The Morgan fingerprint density at radius 3 is 2.95 bits per heavy atom. The van der Waals surface area contributed by atoms with Gasteiger partial charge >= 0.3 is 0 Å². The smallest absolute Gasteiger partial charge is 0.230 e. The highest BCUT2D eigenvalue weighted by atomic mass is 35.5. The first-order valence-corrected chi connectivity index (χ1v) is 7.02. The molecule has 100 valence electrons.